The highest BCUT2D eigenvalue weighted by Crippen LogP contribution is 2.38. The summed E-state index contributed by atoms with van der Waals surface area (Å²) in [6, 6.07) is 20.4. The minimum atomic E-state index is -4.40. The van der Waals surface area contributed by atoms with Crippen LogP contribution in [0.5, 0.6) is 0 Å². The van der Waals surface area contributed by atoms with Gasteiger partial charge in [0.1, 0.15) is 0 Å². The van der Waals surface area contributed by atoms with Crippen LogP contribution in [0.2, 0.25) is 0 Å². The van der Waals surface area contributed by atoms with E-state index in [0.717, 1.165) is 22.8 Å². The molecule has 2 unspecified atom stereocenters. The minimum absolute atomic E-state index is 0.0565. The minimum Gasteiger partial charge on any atom is -0.387 e. The van der Waals surface area contributed by atoms with Gasteiger partial charge in [-0.15, -0.1) is 0 Å². The van der Waals surface area contributed by atoms with Gasteiger partial charge in [-0.1, -0.05) is 66.7 Å². The summed E-state index contributed by atoms with van der Waals surface area (Å²) < 4.78 is 40.1. The number of alkyl halides is 3. The number of halogens is 3. The third-order valence-electron chi connectivity index (χ3n) is 5.07. The Morgan fingerprint density at radius 3 is 2.17 bits per heavy atom. The Balaban J connectivity index is 1.76. The maximum Gasteiger partial charge on any atom is 0.417 e. The predicted molar refractivity (Wildman–Crippen MR) is 109 cm³/mol. The molecule has 0 bridgehead atoms. The van der Waals surface area contributed by atoms with Gasteiger partial charge in [0.25, 0.3) is 0 Å². The van der Waals surface area contributed by atoms with Gasteiger partial charge in [0.15, 0.2) is 0 Å². The van der Waals surface area contributed by atoms with Crippen molar-refractivity contribution in [2.75, 3.05) is 6.54 Å². The number of benzene rings is 3. The molecule has 3 aromatic carbocycles. The van der Waals surface area contributed by atoms with E-state index >= 15 is 0 Å². The highest BCUT2D eigenvalue weighted by Gasteiger charge is 2.33. The van der Waals surface area contributed by atoms with Crippen LogP contribution in [0.15, 0.2) is 72.8 Å². The molecule has 0 aliphatic rings. The quantitative estimate of drug-likeness (QED) is 0.528. The standard InChI is InChI=1S/C24H24F3NO/c1-16-14-19(17(2)28-15-23(29)18-8-4-3-5-9-18)12-13-20(16)21-10-6-7-11-22(21)24(25,26)27/h3-14,17,23,28-29H,15H2,1-2H3. The average Bonchev–Trinajstić information content (AvgIpc) is 2.71. The van der Waals surface area contributed by atoms with E-state index in [1.807, 2.05) is 56.3 Å². The van der Waals surface area contributed by atoms with E-state index < -0.39 is 17.8 Å². The van der Waals surface area contributed by atoms with E-state index in [2.05, 4.69) is 5.32 Å². The summed E-state index contributed by atoms with van der Waals surface area (Å²) in [4.78, 5) is 0. The maximum atomic E-state index is 13.4. The summed E-state index contributed by atoms with van der Waals surface area (Å²) >= 11 is 0. The second kappa shape index (κ2) is 8.80. The maximum absolute atomic E-state index is 13.4. The van der Waals surface area contributed by atoms with Gasteiger partial charge in [0.2, 0.25) is 0 Å². The molecule has 0 aliphatic heterocycles. The van der Waals surface area contributed by atoms with E-state index in [4.69, 9.17) is 0 Å². The van der Waals surface area contributed by atoms with E-state index in [-0.39, 0.29) is 11.6 Å². The van der Waals surface area contributed by atoms with E-state index in [1.165, 1.54) is 12.1 Å². The fraction of sp³-hybridized carbons (Fsp3) is 0.250. The molecule has 0 spiro atoms. The lowest BCUT2D eigenvalue weighted by Crippen LogP contribution is -2.24. The second-order valence-corrected chi connectivity index (χ2v) is 7.17. The molecule has 0 saturated heterocycles. The normalized spacial score (nSPS) is 13.9. The van der Waals surface area contributed by atoms with Crippen molar-refractivity contribution >= 4 is 0 Å². The number of aliphatic hydroxyl groups is 1. The summed E-state index contributed by atoms with van der Waals surface area (Å²) in [5, 5.41) is 13.6. The van der Waals surface area contributed by atoms with Crippen molar-refractivity contribution in [1.29, 1.82) is 0 Å². The topological polar surface area (TPSA) is 32.3 Å². The summed E-state index contributed by atoms with van der Waals surface area (Å²) in [6.45, 7) is 4.16. The first kappa shape index (κ1) is 21.1. The van der Waals surface area contributed by atoms with Gasteiger partial charge < -0.3 is 10.4 Å². The predicted octanol–water partition coefficient (Wildman–Crippen LogP) is 6.07. The number of aliphatic hydroxyl groups excluding tert-OH is 1. The van der Waals surface area contributed by atoms with E-state index in [1.54, 1.807) is 12.1 Å². The Morgan fingerprint density at radius 2 is 1.52 bits per heavy atom. The van der Waals surface area contributed by atoms with Gasteiger partial charge in [-0.25, -0.2) is 0 Å². The lowest BCUT2D eigenvalue weighted by Gasteiger charge is -2.20. The van der Waals surface area contributed by atoms with Crippen LogP contribution < -0.4 is 5.32 Å². The van der Waals surface area contributed by atoms with E-state index in [0.29, 0.717) is 12.1 Å². The summed E-state index contributed by atoms with van der Waals surface area (Å²) in [6.07, 6.45) is -5.03. The van der Waals surface area contributed by atoms with Crippen LogP contribution in [0.3, 0.4) is 0 Å². The molecular weight excluding hydrogens is 375 g/mol. The Labute approximate surface area is 169 Å². The van der Waals surface area contributed by atoms with Crippen molar-refractivity contribution in [3.8, 4) is 11.1 Å². The first-order chi connectivity index (χ1) is 13.8. The molecule has 0 aromatic heterocycles. The largest absolute Gasteiger partial charge is 0.417 e. The number of rotatable bonds is 6. The highest BCUT2D eigenvalue weighted by atomic mass is 19.4. The molecule has 2 N–H and O–H groups in total. The first-order valence-corrected chi connectivity index (χ1v) is 9.51. The van der Waals surface area contributed by atoms with Gasteiger partial charge in [0, 0.05) is 12.6 Å². The van der Waals surface area contributed by atoms with Gasteiger partial charge in [0.05, 0.1) is 11.7 Å². The van der Waals surface area contributed by atoms with Crippen LogP contribution in [0, 0.1) is 6.92 Å². The zero-order valence-electron chi connectivity index (χ0n) is 16.4. The summed E-state index contributed by atoms with van der Waals surface area (Å²) in [7, 11) is 0. The van der Waals surface area contributed by atoms with Crippen molar-refractivity contribution in [1.82, 2.24) is 5.32 Å². The molecule has 0 aliphatic carbocycles. The fourth-order valence-electron chi connectivity index (χ4n) is 3.42. The molecule has 0 fully saturated rings. The Kier molecular flexibility index (Phi) is 6.40. The van der Waals surface area contributed by atoms with Crippen LogP contribution >= 0.6 is 0 Å². The van der Waals surface area contributed by atoms with E-state index in [9.17, 15) is 18.3 Å². The van der Waals surface area contributed by atoms with Crippen LogP contribution in [0.1, 0.15) is 41.3 Å². The highest BCUT2D eigenvalue weighted by molar-refractivity contribution is 5.71. The van der Waals surface area contributed by atoms with Crippen LogP contribution in [0.4, 0.5) is 13.2 Å². The summed E-state index contributed by atoms with van der Waals surface area (Å²) in [5.41, 5.74) is 2.69. The summed E-state index contributed by atoms with van der Waals surface area (Å²) in [5.74, 6) is 0. The Bertz CT molecular complexity index is 954. The molecule has 2 atom stereocenters. The van der Waals surface area contributed by atoms with Crippen molar-refractivity contribution < 1.29 is 18.3 Å². The molecule has 0 amide bonds. The lowest BCUT2D eigenvalue weighted by atomic mass is 9.93. The molecule has 0 saturated carbocycles. The molecular formula is C24H24F3NO. The van der Waals surface area contributed by atoms with Gasteiger partial charge in [-0.3, -0.25) is 0 Å². The number of hydrogen-bond donors (Lipinski definition) is 2. The monoisotopic (exact) mass is 399 g/mol. The average molecular weight is 399 g/mol. The Hall–Kier alpha value is -2.63. The van der Waals surface area contributed by atoms with Gasteiger partial charge in [-0.2, -0.15) is 13.2 Å². The zero-order valence-corrected chi connectivity index (χ0v) is 16.4. The lowest BCUT2D eigenvalue weighted by molar-refractivity contribution is -0.137. The number of hydrogen-bond acceptors (Lipinski definition) is 2. The van der Waals surface area contributed by atoms with Crippen LogP contribution in [-0.4, -0.2) is 11.7 Å². The third kappa shape index (κ3) is 5.05. The zero-order chi connectivity index (χ0) is 21.0. The number of nitrogens with one attached hydrogen (secondary N) is 1. The van der Waals surface area contributed by atoms with Crippen molar-refractivity contribution in [3.63, 3.8) is 0 Å². The van der Waals surface area contributed by atoms with Gasteiger partial charge in [-0.05, 0) is 47.7 Å². The number of aryl methyl sites for hydroxylation is 1. The van der Waals surface area contributed by atoms with Crippen molar-refractivity contribution in [2.24, 2.45) is 0 Å². The third-order valence-corrected chi connectivity index (χ3v) is 5.07. The first-order valence-electron chi connectivity index (χ1n) is 9.51. The molecule has 152 valence electrons. The van der Waals surface area contributed by atoms with Gasteiger partial charge >= 0.3 is 6.18 Å². The molecule has 5 heteroatoms. The van der Waals surface area contributed by atoms with Crippen molar-refractivity contribution in [2.45, 2.75) is 32.2 Å². The Morgan fingerprint density at radius 1 is 0.862 bits per heavy atom. The molecule has 3 rings (SSSR count). The molecule has 29 heavy (non-hydrogen) atoms. The molecule has 0 heterocycles. The van der Waals surface area contributed by atoms with Crippen molar-refractivity contribution in [3.05, 3.63) is 95.1 Å². The molecule has 3 aromatic rings. The molecule has 2 nitrogen and oxygen atoms in total. The second-order valence-electron chi connectivity index (χ2n) is 7.17. The van der Waals surface area contributed by atoms with Crippen LogP contribution in [-0.2, 0) is 6.18 Å². The molecule has 0 radical (unpaired) electrons. The SMILES string of the molecule is Cc1cc(C(C)NCC(O)c2ccccc2)ccc1-c1ccccc1C(F)(F)F. The smallest absolute Gasteiger partial charge is 0.387 e. The fourth-order valence-corrected chi connectivity index (χ4v) is 3.42. The van der Waals surface area contributed by atoms with Crippen LogP contribution in [0.25, 0.3) is 11.1 Å².